The third-order valence-electron chi connectivity index (χ3n) is 7.44. The van der Waals surface area contributed by atoms with Crippen molar-refractivity contribution >= 4 is 57.9 Å². The number of phenols is 1. The molecule has 1 fully saturated rings. The van der Waals surface area contributed by atoms with Crippen LogP contribution in [-0.2, 0) is 20.9 Å². The largest absolute Gasteiger partial charge is 0.504 e. The predicted octanol–water partition coefficient (Wildman–Crippen LogP) is 4.50. The van der Waals surface area contributed by atoms with Gasteiger partial charge in [0, 0.05) is 28.6 Å². The molecule has 0 aliphatic carbocycles. The number of nitro groups is 1. The van der Waals surface area contributed by atoms with Crippen LogP contribution in [0.1, 0.15) is 23.3 Å². The first-order valence-electron chi connectivity index (χ1n) is 13.6. The number of carbonyl (C=O) groups is 3. The lowest BCUT2D eigenvalue weighted by molar-refractivity contribution is -0.384. The minimum absolute atomic E-state index is 0.132. The summed E-state index contributed by atoms with van der Waals surface area (Å²) in [5.74, 6) is -3.97. The smallest absolute Gasteiger partial charge is 0.308 e. The number of carbonyl (C=O) groups excluding carboxylic acids is 3. The zero-order valence-electron chi connectivity index (χ0n) is 23.3. The summed E-state index contributed by atoms with van der Waals surface area (Å²) in [4.78, 5) is 65.8. The number of nitrogens with zero attached hydrogens (tertiary/aromatic N) is 3. The van der Waals surface area contributed by atoms with Crippen molar-refractivity contribution in [1.82, 2.24) is 4.57 Å². The number of ether oxygens (including phenoxy) is 1. The molecule has 45 heavy (non-hydrogen) atoms. The molecule has 6 rings (SSSR count). The second-order valence-corrected chi connectivity index (χ2v) is 12.3. The van der Waals surface area contributed by atoms with E-state index in [9.17, 15) is 38.8 Å². The second kappa shape index (κ2) is 11.8. The van der Waals surface area contributed by atoms with Gasteiger partial charge in [-0.3, -0.25) is 33.9 Å². The normalized spacial score (nSPS) is 18.8. The van der Waals surface area contributed by atoms with Crippen molar-refractivity contribution in [3.63, 3.8) is 0 Å². The SMILES string of the molecule is CCOc1cc(C2c3sc(=O)n(CC(=O)Nc4ccc(F)cc4)c3SC3C(=O)N(c4ccc([N+](=O)[O-])cc4)C(=O)C32)ccc1O. The third-order valence-corrected chi connectivity index (χ3v) is 10.0. The molecule has 0 radical (unpaired) electrons. The van der Waals surface area contributed by atoms with E-state index in [0.29, 0.717) is 21.2 Å². The van der Waals surface area contributed by atoms with Crippen molar-refractivity contribution in [2.75, 3.05) is 16.8 Å². The van der Waals surface area contributed by atoms with Gasteiger partial charge in [0.25, 0.3) is 5.69 Å². The Bertz CT molecular complexity index is 1910. The number of aromatic hydroxyl groups is 1. The number of aromatic nitrogens is 1. The number of nitro benzene ring substituents is 1. The Morgan fingerprint density at radius 3 is 2.44 bits per heavy atom. The molecule has 0 bridgehead atoms. The van der Waals surface area contributed by atoms with Crippen molar-refractivity contribution in [2.24, 2.45) is 5.92 Å². The number of halogens is 1. The number of thioether (sulfide) groups is 1. The van der Waals surface area contributed by atoms with Crippen LogP contribution >= 0.6 is 23.1 Å². The maximum atomic E-state index is 14.0. The Morgan fingerprint density at radius 2 is 1.78 bits per heavy atom. The van der Waals surface area contributed by atoms with Crippen molar-refractivity contribution in [1.29, 1.82) is 0 Å². The molecule has 4 aromatic rings. The van der Waals surface area contributed by atoms with E-state index in [2.05, 4.69) is 5.32 Å². The van der Waals surface area contributed by atoms with E-state index < -0.39 is 57.0 Å². The molecule has 15 heteroatoms. The number of phenolic OH excluding ortho intramolecular Hbond substituents is 1. The van der Waals surface area contributed by atoms with Gasteiger partial charge in [0.1, 0.15) is 17.6 Å². The van der Waals surface area contributed by atoms with Gasteiger partial charge in [0.2, 0.25) is 17.7 Å². The highest BCUT2D eigenvalue weighted by Gasteiger charge is 2.57. The highest BCUT2D eigenvalue weighted by Crippen LogP contribution is 2.54. The second-order valence-electron chi connectivity index (χ2n) is 10.2. The Labute approximate surface area is 262 Å². The minimum Gasteiger partial charge on any atom is -0.504 e. The van der Waals surface area contributed by atoms with E-state index in [1.165, 1.54) is 59.2 Å². The summed E-state index contributed by atoms with van der Waals surface area (Å²) in [5.41, 5.74) is 0.778. The summed E-state index contributed by atoms with van der Waals surface area (Å²) in [6.07, 6.45) is 0. The van der Waals surface area contributed by atoms with E-state index >= 15 is 0 Å². The fourth-order valence-electron chi connectivity index (χ4n) is 5.46. The summed E-state index contributed by atoms with van der Waals surface area (Å²) in [6, 6.07) is 14.7. The van der Waals surface area contributed by atoms with Gasteiger partial charge in [-0.2, -0.15) is 0 Å². The molecule has 0 spiro atoms. The highest BCUT2D eigenvalue weighted by atomic mass is 32.2. The number of rotatable bonds is 8. The molecular weight excluding hydrogens is 627 g/mol. The van der Waals surface area contributed by atoms with Crippen LogP contribution in [0.25, 0.3) is 0 Å². The Balaban J connectivity index is 1.42. The van der Waals surface area contributed by atoms with Gasteiger partial charge < -0.3 is 15.2 Å². The molecule has 230 valence electrons. The zero-order valence-corrected chi connectivity index (χ0v) is 25.0. The van der Waals surface area contributed by atoms with E-state index in [1.807, 2.05) is 0 Å². The molecular formula is C30H23FN4O8S2. The molecule has 12 nitrogen and oxygen atoms in total. The fraction of sp³-hybridized carbons (Fsp3) is 0.200. The molecule has 3 heterocycles. The molecule has 3 aromatic carbocycles. The number of imide groups is 1. The number of fused-ring (bicyclic) bond motifs is 2. The average molecular weight is 651 g/mol. The summed E-state index contributed by atoms with van der Waals surface area (Å²) in [6.45, 7) is 1.57. The molecule has 2 aliphatic rings. The number of anilines is 2. The first-order valence-corrected chi connectivity index (χ1v) is 15.3. The van der Waals surface area contributed by atoms with Crippen molar-refractivity contribution < 1.29 is 33.5 Å². The van der Waals surface area contributed by atoms with Gasteiger partial charge in [0.15, 0.2) is 11.5 Å². The Morgan fingerprint density at radius 1 is 1.07 bits per heavy atom. The quantitative estimate of drug-likeness (QED) is 0.159. The number of amides is 3. The molecule has 2 aliphatic heterocycles. The lowest BCUT2D eigenvalue weighted by Gasteiger charge is -2.31. The standard InChI is InChI=1S/C30H23FN4O8S2/c1-2-43-21-13-15(3-12-20(21)36)23-24-25(28(39)34(27(24)38)18-8-10-19(11-9-18)35(41)42)44-29-26(23)45-30(40)33(29)14-22(37)32-17-6-4-16(31)5-7-17/h3-13,23-25,36H,2,14H2,1H3,(H,32,37). The maximum absolute atomic E-state index is 14.0. The number of non-ortho nitro benzene ring substituents is 1. The number of hydrogen-bond donors (Lipinski definition) is 2. The van der Waals surface area contributed by atoms with Crippen molar-refractivity contribution in [3.05, 3.63) is 103 Å². The number of hydrogen-bond acceptors (Lipinski definition) is 10. The summed E-state index contributed by atoms with van der Waals surface area (Å²) >= 11 is 1.85. The molecule has 2 N–H and O–H groups in total. The fourth-order valence-corrected chi connectivity index (χ4v) is 8.24. The van der Waals surface area contributed by atoms with Crippen molar-refractivity contribution in [3.8, 4) is 11.5 Å². The third kappa shape index (κ3) is 5.44. The molecule has 0 saturated carbocycles. The van der Waals surface area contributed by atoms with Gasteiger partial charge in [-0.25, -0.2) is 9.29 Å². The first kappa shape index (κ1) is 30.0. The monoisotopic (exact) mass is 650 g/mol. The van der Waals surface area contributed by atoms with Crippen LogP contribution in [0.5, 0.6) is 11.5 Å². The van der Waals surface area contributed by atoms with Crippen LogP contribution in [0.2, 0.25) is 0 Å². The van der Waals surface area contributed by atoms with Gasteiger partial charge >= 0.3 is 4.87 Å². The molecule has 1 saturated heterocycles. The van der Waals surface area contributed by atoms with Crippen LogP contribution in [0.15, 0.2) is 76.6 Å². The number of benzene rings is 3. The summed E-state index contributed by atoms with van der Waals surface area (Å²) in [5, 5.41) is 23.5. The van der Waals surface area contributed by atoms with Crippen LogP contribution in [0.4, 0.5) is 21.5 Å². The number of thiazole rings is 1. The van der Waals surface area contributed by atoms with Gasteiger partial charge in [-0.05, 0) is 61.0 Å². The molecule has 3 atom stereocenters. The topological polar surface area (TPSA) is 161 Å². The van der Waals surface area contributed by atoms with E-state index in [1.54, 1.807) is 19.1 Å². The van der Waals surface area contributed by atoms with Gasteiger partial charge in [0.05, 0.1) is 28.2 Å². The van der Waals surface area contributed by atoms with Gasteiger partial charge in [-0.1, -0.05) is 29.2 Å². The lowest BCUT2D eigenvalue weighted by atomic mass is 9.83. The van der Waals surface area contributed by atoms with E-state index in [4.69, 9.17) is 4.74 Å². The van der Waals surface area contributed by atoms with E-state index in [-0.39, 0.29) is 29.5 Å². The predicted molar refractivity (Wildman–Crippen MR) is 163 cm³/mol. The first-order chi connectivity index (χ1) is 21.6. The van der Waals surface area contributed by atoms with Gasteiger partial charge in [-0.15, -0.1) is 0 Å². The van der Waals surface area contributed by atoms with Crippen LogP contribution in [0, 0.1) is 21.8 Å². The molecule has 1 aromatic heterocycles. The highest BCUT2D eigenvalue weighted by molar-refractivity contribution is 8.00. The van der Waals surface area contributed by atoms with Crippen molar-refractivity contribution in [2.45, 2.75) is 29.7 Å². The molecule has 3 amide bonds. The summed E-state index contributed by atoms with van der Waals surface area (Å²) in [7, 11) is 0. The lowest BCUT2D eigenvalue weighted by Crippen LogP contribution is -2.33. The Hall–Kier alpha value is -5.02. The van der Waals surface area contributed by atoms with Crippen LogP contribution < -0.4 is 19.8 Å². The maximum Gasteiger partial charge on any atom is 0.308 e. The average Bonchev–Trinajstić information content (AvgIpc) is 3.45. The van der Waals surface area contributed by atoms with Crippen LogP contribution in [-0.4, -0.2) is 44.2 Å². The zero-order chi connectivity index (χ0) is 32.0. The van der Waals surface area contributed by atoms with E-state index in [0.717, 1.165) is 28.0 Å². The Kier molecular flexibility index (Phi) is 7.88. The summed E-state index contributed by atoms with van der Waals surface area (Å²) < 4.78 is 20.1. The number of nitrogens with one attached hydrogen (secondary N) is 1. The minimum atomic E-state index is -1.00. The van der Waals surface area contributed by atoms with Crippen LogP contribution in [0.3, 0.4) is 0 Å². The molecule has 3 unspecified atom stereocenters.